The lowest BCUT2D eigenvalue weighted by Gasteiger charge is -2.21. The van der Waals surface area contributed by atoms with Crippen molar-refractivity contribution in [2.24, 2.45) is 5.92 Å². The van der Waals surface area contributed by atoms with Gasteiger partial charge in [-0.05, 0) is 31.9 Å². The first-order chi connectivity index (χ1) is 10.9. The Morgan fingerprint density at radius 1 is 1.17 bits per heavy atom. The molecule has 1 fully saturated rings. The Morgan fingerprint density at radius 2 is 1.87 bits per heavy atom. The van der Waals surface area contributed by atoms with Crippen LogP contribution in [-0.4, -0.2) is 51.7 Å². The number of hydrogen-bond acceptors (Lipinski definition) is 5. The van der Waals surface area contributed by atoms with Crippen molar-refractivity contribution in [3.8, 4) is 11.5 Å². The van der Waals surface area contributed by atoms with E-state index in [-0.39, 0.29) is 16.9 Å². The van der Waals surface area contributed by atoms with E-state index < -0.39 is 10.0 Å². The quantitative estimate of drug-likeness (QED) is 0.899. The summed E-state index contributed by atoms with van der Waals surface area (Å²) in [4.78, 5) is 2.51. The highest BCUT2D eigenvalue weighted by Crippen LogP contribution is 2.32. The number of likely N-dealkylation sites (tertiary alicyclic amines) is 1. The molecule has 0 aromatic heterocycles. The second kappa shape index (κ2) is 6.30. The number of nitrogens with zero attached hydrogens (tertiary/aromatic N) is 1. The Kier molecular flexibility index (Phi) is 4.53. The Hall–Kier alpha value is -1.31. The smallest absolute Gasteiger partial charge is 0.241 e. The molecule has 2 aliphatic heterocycles. The summed E-state index contributed by atoms with van der Waals surface area (Å²) >= 11 is 0. The molecule has 6 nitrogen and oxygen atoms in total. The molecule has 1 N–H and O–H groups in total. The average Bonchev–Trinajstić information content (AvgIpc) is 2.87. The van der Waals surface area contributed by atoms with E-state index >= 15 is 0 Å². The molecule has 0 bridgehead atoms. The SMILES string of the molecule is CC(C)N1C[C@H](NS(=O)(=O)c2ccc3c(c2)OCCO3)[C@@H](C)C1. The number of sulfonamides is 1. The molecule has 1 aromatic rings. The zero-order valence-corrected chi connectivity index (χ0v) is 14.6. The summed E-state index contributed by atoms with van der Waals surface area (Å²) in [5.74, 6) is 1.36. The van der Waals surface area contributed by atoms with Crippen LogP contribution in [0.15, 0.2) is 23.1 Å². The number of ether oxygens (including phenoxy) is 2. The van der Waals surface area contributed by atoms with Crippen molar-refractivity contribution in [3.63, 3.8) is 0 Å². The van der Waals surface area contributed by atoms with E-state index in [9.17, 15) is 8.42 Å². The summed E-state index contributed by atoms with van der Waals surface area (Å²) in [6.07, 6.45) is 0. The molecular formula is C16H24N2O4S. The van der Waals surface area contributed by atoms with Crippen molar-refractivity contribution in [3.05, 3.63) is 18.2 Å². The highest BCUT2D eigenvalue weighted by Gasteiger charge is 2.34. The number of fused-ring (bicyclic) bond motifs is 1. The van der Waals surface area contributed by atoms with E-state index in [0.717, 1.165) is 13.1 Å². The monoisotopic (exact) mass is 340 g/mol. The van der Waals surface area contributed by atoms with Gasteiger partial charge >= 0.3 is 0 Å². The van der Waals surface area contributed by atoms with Crippen molar-refractivity contribution in [2.45, 2.75) is 37.8 Å². The van der Waals surface area contributed by atoms with E-state index in [1.165, 1.54) is 6.07 Å². The second-order valence-electron chi connectivity index (χ2n) is 6.56. The summed E-state index contributed by atoms with van der Waals surface area (Å²) in [6, 6.07) is 5.10. The van der Waals surface area contributed by atoms with Gasteiger partial charge in [-0.3, -0.25) is 4.90 Å². The third kappa shape index (κ3) is 3.46. The number of rotatable bonds is 4. The van der Waals surface area contributed by atoms with Gasteiger partial charge in [-0.25, -0.2) is 13.1 Å². The summed E-state index contributed by atoms with van der Waals surface area (Å²) < 4.78 is 39.1. The molecule has 2 aliphatic rings. The second-order valence-corrected chi connectivity index (χ2v) is 8.27. The molecule has 0 saturated carbocycles. The van der Waals surface area contributed by atoms with Gasteiger partial charge in [0.2, 0.25) is 10.0 Å². The summed E-state index contributed by atoms with van der Waals surface area (Å²) in [6.45, 7) is 8.91. The minimum absolute atomic E-state index is 0.0735. The standard InChI is InChI=1S/C16H24N2O4S/c1-11(2)18-9-12(3)14(10-18)17-23(19,20)13-4-5-15-16(8-13)22-7-6-21-15/h4-5,8,11-12,14,17H,6-7,9-10H2,1-3H3/t12-,14-/m0/s1. The summed E-state index contributed by atoms with van der Waals surface area (Å²) in [7, 11) is -3.57. The van der Waals surface area contributed by atoms with E-state index in [0.29, 0.717) is 30.8 Å². The van der Waals surface area contributed by atoms with Crippen LogP contribution in [0.5, 0.6) is 11.5 Å². The summed E-state index contributed by atoms with van der Waals surface area (Å²) in [5, 5.41) is 0. The Morgan fingerprint density at radius 3 is 2.52 bits per heavy atom. The van der Waals surface area contributed by atoms with Gasteiger partial charge in [0.05, 0.1) is 4.90 Å². The zero-order valence-electron chi connectivity index (χ0n) is 13.8. The summed E-state index contributed by atoms with van der Waals surface area (Å²) in [5.41, 5.74) is 0. The van der Waals surface area contributed by atoms with Gasteiger partial charge in [0.25, 0.3) is 0 Å². The maximum atomic E-state index is 12.7. The Bertz CT molecular complexity index is 675. The van der Waals surface area contributed by atoms with Crippen LogP contribution >= 0.6 is 0 Å². The van der Waals surface area contributed by atoms with Crippen LogP contribution < -0.4 is 14.2 Å². The number of hydrogen-bond donors (Lipinski definition) is 1. The fourth-order valence-electron chi connectivity index (χ4n) is 3.04. The molecule has 0 radical (unpaired) electrons. The molecule has 128 valence electrons. The van der Waals surface area contributed by atoms with Crippen LogP contribution in [0.1, 0.15) is 20.8 Å². The molecular weight excluding hydrogens is 316 g/mol. The van der Waals surface area contributed by atoms with E-state index in [1.807, 2.05) is 0 Å². The highest BCUT2D eigenvalue weighted by molar-refractivity contribution is 7.89. The molecule has 2 atom stereocenters. The maximum Gasteiger partial charge on any atom is 0.241 e. The zero-order chi connectivity index (χ0) is 16.6. The average molecular weight is 340 g/mol. The minimum Gasteiger partial charge on any atom is -0.486 e. The van der Waals surface area contributed by atoms with Gasteiger partial charge in [-0.2, -0.15) is 0 Å². The van der Waals surface area contributed by atoms with Gasteiger partial charge in [0, 0.05) is 31.2 Å². The molecule has 0 amide bonds. The molecule has 1 saturated heterocycles. The molecule has 1 aromatic carbocycles. The minimum atomic E-state index is -3.57. The van der Waals surface area contributed by atoms with Crippen LogP contribution in [0, 0.1) is 5.92 Å². The third-order valence-electron chi connectivity index (χ3n) is 4.50. The van der Waals surface area contributed by atoms with Gasteiger partial charge < -0.3 is 9.47 Å². The van der Waals surface area contributed by atoms with E-state index in [2.05, 4.69) is 30.4 Å². The van der Waals surface area contributed by atoms with Crippen molar-refractivity contribution < 1.29 is 17.9 Å². The lowest BCUT2D eigenvalue weighted by atomic mass is 10.1. The molecule has 0 unspecified atom stereocenters. The van der Waals surface area contributed by atoms with Crippen LogP contribution in [-0.2, 0) is 10.0 Å². The molecule has 0 aliphatic carbocycles. The predicted octanol–water partition coefficient (Wildman–Crippen LogP) is 1.46. The van der Waals surface area contributed by atoms with Crippen molar-refractivity contribution >= 4 is 10.0 Å². The first-order valence-electron chi connectivity index (χ1n) is 8.03. The van der Waals surface area contributed by atoms with E-state index in [4.69, 9.17) is 9.47 Å². The lowest BCUT2D eigenvalue weighted by Crippen LogP contribution is -2.40. The fourth-order valence-corrected chi connectivity index (χ4v) is 4.39. The van der Waals surface area contributed by atoms with Gasteiger partial charge in [-0.1, -0.05) is 6.92 Å². The first-order valence-corrected chi connectivity index (χ1v) is 9.51. The normalized spacial score (nSPS) is 25.0. The van der Waals surface area contributed by atoms with Crippen molar-refractivity contribution in [1.82, 2.24) is 9.62 Å². The largest absolute Gasteiger partial charge is 0.486 e. The molecule has 3 rings (SSSR count). The topological polar surface area (TPSA) is 67.9 Å². The van der Waals surface area contributed by atoms with Gasteiger partial charge in [0.1, 0.15) is 13.2 Å². The van der Waals surface area contributed by atoms with E-state index in [1.54, 1.807) is 12.1 Å². The maximum absolute atomic E-state index is 12.7. The molecule has 7 heteroatoms. The van der Waals surface area contributed by atoms with Crippen LogP contribution in [0.3, 0.4) is 0 Å². The highest BCUT2D eigenvalue weighted by atomic mass is 32.2. The lowest BCUT2D eigenvalue weighted by molar-refractivity contribution is 0.171. The van der Waals surface area contributed by atoms with Gasteiger partial charge in [0.15, 0.2) is 11.5 Å². The predicted molar refractivity (Wildman–Crippen MR) is 87.4 cm³/mol. The number of benzene rings is 1. The van der Waals surface area contributed by atoms with Crippen molar-refractivity contribution in [2.75, 3.05) is 26.3 Å². The van der Waals surface area contributed by atoms with Crippen molar-refractivity contribution in [1.29, 1.82) is 0 Å². The number of nitrogens with one attached hydrogen (secondary N) is 1. The Labute approximate surface area is 137 Å². The molecule has 23 heavy (non-hydrogen) atoms. The molecule has 2 heterocycles. The molecule has 0 spiro atoms. The van der Waals surface area contributed by atoms with Crippen LogP contribution in [0.2, 0.25) is 0 Å². The van der Waals surface area contributed by atoms with Crippen LogP contribution in [0.25, 0.3) is 0 Å². The third-order valence-corrected chi connectivity index (χ3v) is 5.99. The first kappa shape index (κ1) is 16.5. The van der Waals surface area contributed by atoms with Gasteiger partial charge in [-0.15, -0.1) is 0 Å². The fraction of sp³-hybridized carbons (Fsp3) is 0.625. The van der Waals surface area contributed by atoms with Crippen LogP contribution in [0.4, 0.5) is 0 Å². The Balaban J connectivity index is 1.77.